The zero-order valence-electron chi connectivity index (χ0n) is 12.4. The Morgan fingerprint density at radius 2 is 2.00 bits per heavy atom. The minimum absolute atomic E-state index is 0.331. The molecule has 0 bridgehead atoms. The van der Waals surface area contributed by atoms with Crippen molar-refractivity contribution in [2.75, 3.05) is 13.2 Å². The molecule has 6 heteroatoms. The highest BCUT2D eigenvalue weighted by atomic mass is 32.2. The Morgan fingerprint density at radius 3 is 2.74 bits per heavy atom. The van der Waals surface area contributed by atoms with Crippen LogP contribution >= 0.6 is 11.8 Å². The van der Waals surface area contributed by atoms with Gasteiger partial charge in [-0.15, -0.1) is 6.58 Å². The minimum atomic E-state index is -0.578. The summed E-state index contributed by atoms with van der Waals surface area (Å²) < 4.78 is 5.03. The number of benzene rings is 1. The fraction of sp³-hybridized carbons (Fsp3) is 0.118. The van der Waals surface area contributed by atoms with Crippen LogP contribution < -0.4 is 5.32 Å². The summed E-state index contributed by atoms with van der Waals surface area (Å²) in [4.78, 5) is 28.8. The van der Waals surface area contributed by atoms with Gasteiger partial charge in [0.1, 0.15) is 5.03 Å². The maximum atomic E-state index is 12.2. The summed E-state index contributed by atoms with van der Waals surface area (Å²) in [5.41, 5.74) is 0.331. The normalized spacial score (nSPS) is 9.91. The molecular weight excluding hydrogens is 312 g/mol. The lowest BCUT2D eigenvalue weighted by molar-refractivity contribution is -0.124. The Morgan fingerprint density at radius 1 is 1.22 bits per heavy atom. The monoisotopic (exact) mass is 328 g/mol. The number of pyridine rings is 1. The van der Waals surface area contributed by atoms with E-state index in [0.29, 0.717) is 17.1 Å². The standard InChI is InChI=1S/C17H16N2O3S/c1-2-10-18-15(20)12-22-17(21)14-9-6-11-19-16(14)23-13-7-4-3-5-8-13/h2-9,11H,1,10,12H2,(H,18,20). The van der Waals surface area contributed by atoms with Crippen LogP contribution in [0.5, 0.6) is 0 Å². The average Bonchev–Trinajstić information content (AvgIpc) is 2.59. The molecule has 0 atom stereocenters. The van der Waals surface area contributed by atoms with Crippen LogP contribution in [0.25, 0.3) is 0 Å². The van der Waals surface area contributed by atoms with E-state index in [1.807, 2.05) is 30.3 Å². The lowest BCUT2D eigenvalue weighted by Gasteiger charge is -2.08. The van der Waals surface area contributed by atoms with Gasteiger partial charge < -0.3 is 10.1 Å². The molecule has 0 fully saturated rings. The molecule has 1 amide bonds. The molecule has 5 nitrogen and oxygen atoms in total. The van der Waals surface area contributed by atoms with Crippen molar-refractivity contribution in [3.8, 4) is 0 Å². The number of hydrogen-bond acceptors (Lipinski definition) is 5. The molecule has 1 aromatic carbocycles. The first-order valence-electron chi connectivity index (χ1n) is 6.93. The van der Waals surface area contributed by atoms with E-state index < -0.39 is 5.97 Å². The molecule has 118 valence electrons. The molecule has 0 spiro atoms. The minimum Gasteiger partial charge on any atom is -0.452 e. The third-order valence-corrected chi connectivity index (χ3v) is 3.75. The molecule has 1 N–H and O–H groups in total. The van der Waals surface area contributed by atoms with Gasteiger partial charge in [0.2, 0.25) is 0 Å². The highest BCUT2D eigenvalue weighted by Crippen LogP contribution is 2.28. The van der Waals surface area contributed by atoms with Gasteiger partial charge in [0.25, 0.3) is 5.91 Å². The molecule has 0 saturated carbocycles. The van der Waals surface area contributed by atoms with Gasteiger partial charge in [0, 0.05) is 17.6 Å². The second-order valence-electron chi connectivity index (χ2n) is 4.44. The number of amides is 1. The number of hydrogen-bond donors (Lipinski definition) is 1. The molecule has 1 aromatic heterocycles. The van der Waals surface area contributed by atoms with Crippen LogP contribution in [-0.4, -0.2) is 30.0 Å². The molecule has 0 aliphatic rings. The lowest BCUT2D eigenvalue weighted by atomic mass is 10.3. The molecular formula is C17H16N2O3S. The number of aromatic nitrogens is 1. The number of carbonyl (C=O) groups excluding carboxylic acids is 2. The summed E-state index contributed by atoms with van der Waals surface area (Å²) in [6.45, 7) is 3.49. The Hall–Kier alpha value is -2.60. The number of ether oxygens (including phenoxy) is 1. The summed E-state index contributed by atoms with van der Waals surface area (Å²) in [6, 6.07) is 12.9. The second kappa shape index (κ2) is 8.75. The molecule has 0 unspecified atom stereocenters. The quantitative estimate of drug-likeness (QED) is 0.625. The third kappa shape index (κ3) is 5.27. The van der Waals surface area contributed by atoms with Crippen molar-refractivity contribution in [1.29, 1.82) is 0 Å². The molecule has 1 heterocycles. The van der Waals surface area contributed by atoms with Crippen molar-refractivity contribution in [1.82, 2.24) is 10.3 Å². The van der Waals surface area contributed by atoms with E-state index in [4.69, 9.17) is 4.74 Å². The number of carbonyl (C=O) groups is 2. The number of rotatable bonds is 7. The van der Waals surface area contributed by atoms with E-state index in [0.717, 1.165) is 4.90 Å². The Balaban J connectivity index is 2.03. The van der Waals surface area contributed by atoms with Crippen LogP contribution in [-0.2, 0) is 9.53 Å². The fourth-order valence-electron chi connectivity index (χ4n) is 1.67. The molecule has 2 rings (SSSR count). The van der Waals surface area contributed by atoms with Crippen LogP contribution in [0.2, 0.25) is 0 Å². The highest BCUT2D eigenvalue weighted by molar-refractivity contribution is 7.99. The van der Waals surface area contributed by atoms with Crippen LogP contribution in [0.4, 0.5) is 0 Å². The van der Waals surface area contributed by atoms with Crippen LogP contribution in [0.1, 0.15) is 10.4 Å². The van der Waals surface area contributed by atoms with E-state index in [1.165, 1.54) is 11.8 Å². The number of esters is 1. The second-order valence-corrected chi connectivity index (χ2v) is 5.50. The van der Waals surface area contributed by atoms with Crippen LogP contribution in [0, 0.1) is 0 Å². The SMILES string of the molecule is C=CCNC(=O)COC(=O)c1cccnc1Sc1ccccc1. The van der Waals surface area contributed by atoms with Gasteiger partial charge >= 0.3 is 5.97 Å². The van der Waals surface area contributed by atoms with Gasteiger partial charge in [0.15, 0.2) is 6.61 Å². The molecule has 0 aliphatic carbocycles. The van der Waals surface area contributed by atoms with Gasteiger partial charge in [-0.25, -0.2) is 9.78 Å². The maximum Gasteiger partial charge on any atom is 0.341 e. The number of nitrogens with zero attached hydrogens (tertiary/aromatic N) is 1. The molecule has 2 aromatic rings. The maximum absolute atomic E-state index is 12.2. The average molecular weight is 328 g/mol. The highest BCUT2D eigenvalue weighted by Gasteiger charge is 2.16. The van der Waals surface area contributed by atoms with Crippen molar-refractivity contribution in [2.24, 2.45) is 0 Å². The van der Waals surface area contributed by atoms with Crippen molar-refractivity contribution < 1.29 is 14.3 Å². The first-order valence-corrected chi connectivity index (χ1v) is 7.75. The molecule has 0 saturated heterocycles. The van der Waals surface area contributed by atoms with Gasteiger partial charge in [-0.1, -0.05) is 36.0 Å². The third-order valence-electron chi connectivity index (χ3n) is 2.73. The largest absolute Gasteiger partial charge is 0.452 e. The predicted molar refractivity (Wildman–Crippen MR) is 88.3 cm³/mol. The first kappa shape index (κ1) is 16.8. The van der Waals surface area contributed by atoms with Crippen molar-refractivity contribution in [3.05, 3.63) is 66.9 Å². The molecule has 0 radical (unpaired) electrons. The van der Waals surface area contributed by atoms with Gasteiger partial charge in [-0.2, -0.15) is 0 Å². The summed E-state index contributed by atoms with van der Waals surface area (Å²) >= 11 is 1.36. The Bertz CT molecular complexity index is 689. The summed E-state index contributed by atoms with van der Waals surface area (Å²) in [5.74, 6) is -0.954. The predicted octanol–water partition coefficient (Wildman–Crippen LogP) is 2.69. The smallest absolute Gasteiger partial charge is 0.341 e. The van der Waals surface area contributed by atoms with Gasteiger partial charge in [-0.05, 0) is 24.3 Å². The van der Waals surface area contributed by atoms with E-state index >= 15 is 0 Å². The summed E-state index contributed by atoms with van der Waals surface area (Å²) in [7, 11) is 0. The van der Waals surface area contributed by atoms with Crippen molar-refractivity contribution >= 4 is 23.6 Å². The Kier molecular flexibility index (Phi) is 6.38. The van der Waals surface area contributed by atoms with E-state index in [2.05, 4.69) is 16.9 Å². The van der Waals surface area contributed by atoms with Crippen LogP contribution in [0.15, 0.2) is 71.2 Å². The lowest BCUT2D eigenvalue weighted by Crippen LogP contribution is -2.28. The number of nitrogens with one attached hydrogen (secondary N) is 1. The molecule has 23 heavy (non-hydrogen) atoms. The summed E-state index contributed by atoms with van der Waals surface area (Å²) in [6.07, 6.45) is 3.16. The topological polar surface area (TPSA) is 68.3 Å². The van der Waals surface area contributed by atoms with E-state index in [-0.39, 0.29) is 12.5 Å². The van der Waals surface area contributed by atoms with Crippen molar-refractivity contribution in [3.63, 3.8) is 0 Å². The zero-order chi connectivity index (χ0) is 16.5. The summed E-state index contributed by atoms with van der Waals surface area (Å²) in [5, 5.41) is 3.08. The fourth-order valence-corrected chi connectivity index (χ4v) is 2.56. The first-order chi connectivity index (χ1) is 11.2. The van der Waals surface area contributed by atoms with Crippen LogP contribution in [0.3, 0.4) is 0 Å². The zero-order valence-corrected chi connectivity index (χ0v) is 13.2. The van der Waals surface area contributed by atoms with Gasteiger partial charge in [-0.3, -0.25) is 4.79 Å². The van der Waals surface area contributed by atoms with Crippen molar-refractivity contribution in [2.45, 2.75) is 9.92 Å². The molecule has 0 aliphatic heterocycles. The van der Waals surface area contributed by atoms with Gasteiger partial charge in [0.05, 0.1) is 5.56 Å². The van der Waals surface area contributed by atoms with E-state index in [1.54, 1.807) is 24.4 Å². The van der Waals surface area contributed by atoms with E-state index in [9.17, 15) is 9.59 Å². The Labute approximate surface area is 138 Å².